The zero-order valence-electron chi connectivity index (χ0n) is 6.18. The number of carbonyl (C=O) groups excluding carboxylic acids is 1. The molecule has 0 saturated carbocycles. The molecular weight excluding hydrogens is 115 g/mol. The number of ketones is 1. The molecule has 2 nitrogen and oxygen atoms in total. The highest BCUT2D eigenvalue weighted by Gasteiger charge is 2.00. The number of hydrogen-bond acceptors (Lipinski definition) is 2. The standard InChI is InChI=1S/C6H12O2.B/c1-5(7)4-6(2)8-3;/h6H,4H2,1-3H3;. The molecule has 0 aliphatic heterocycles. The van der Waals surface area contributed by atoms with Crippen molar-refractivity contribution in [2.24, 2.45) is 0 Å². The summed E-state index contributed by atoms with van der Waals surface area (Å²) in [6.07, 6.45) is 0.601. The third kappa shape index (κ3) is 7.69. The minimum Gasteiger partial charge on any atom is -0.381 e. The molecule has 0 heterocycles. The van der Waals surface area contributed by atoms with Gasteiger partial charge in [0.25, 0.3) is 0 Å². The van der Waals surface area contributed by atoms with Gasteiger partial charge in [-0.15, -0.1) is 0 Å². The zero-order valence-corrected chi connectivity index (χ0v) is 6.18. The first-order valence-electron chi connectivity index (χ1n) is 2.69. The zero-order chi connectivity index (χ0) is 6.57. The van der Waals surface area contributed by atoms with Crippen molar-refractivity contribution >= 4 is 14.2 Å². The second-order valence-electron chi connectivity index (χ2n) is 1.95. The molecule has 0 saturated heterocycles. The fourth-order valence-electron chi connectivity index (χ4n) is 0.488. The molecule has 0 aromatic heterocycles. The molecule has 0 aliphatic rings. The highest BCUT2D eigenvalue weighted by molar-refractivity contribution is 5.76. The molecule has 0 fully saturated rings. The second kappa shape index (κ2) is 5.82. The Morgan fingerprint density at radius 1 is 1.67 bits per heavy atom. The second-order valence-corrected chi connectivity index (χ2v) is 1.95. The largest absolute Gasteiger partial charge is 0.381 e. The van der Waals surface area contributed by atoms with Gasteiger partial charge in [0.1, 0.15) is 5.78 Å². The van der Waals surface area contributed by atoms with Crippen LogP contribution in [0, 0.1) is 0 Å². The van der Waals surface area contributed by atoms with E-state index >= 15 is 0 Å². The van der Waals surface area contributed by atoms with Crippen LogP contribution in [-0.4, -0.2) is 27.4 Å². The smallest absolute Gasteiger partial charge is 0.132 e. The Morgan fingerprint density at radius 2 is 2.11 bits per heavy atom. The Labute approximate surface area is 58.2 Å². The summed E-state index contributed by atoms with van der Waals surface area (Å²) in [6, 6.07) is 0. The first kappa shape index (κ1) is 11.5. The van der Waals surface area contributed by atoms with E-state index in [0.717, 1.165) is 0 Å². The van der Waals surface area contributed by atoms with Gasteiger partial charge in [-0.1, -0.05) is 0 Å². The summed E-state index contributed by atoms with van der Waals surface area (Å²) in [5.74, 6) is 0.180. The van der Waals surface area contributed by atoms with Crippen LogP contribution in [0.3, 0.4) is 0 Å². The fourth-order valence-corrected chi connectivity index (χ4v) is 0.488. The predicted octanol–water partition coefficient (Wildman–Crippen LogP) is 0.620. The van der Waals surface area contributed by atoms with Crippen LogP contribution in [-0.2, 0) is 9.53 Å². The lowest BCUT2D eigenvalue weighted by Gasteiger charge is -2.03. The highest BCUT2D eigenvalue weighted by atomic mass is 16.5. The van der Waals surface area contributed by atoms with E-state index in [4.69, 9.17) is 4.74 Å². The summed E-state index contributed by atoms with van der Waals surface area (Å²) in [5.41, 5.74) is 0. The Hall–Kier alpha value is -0.305. The van der Waals surface area contributed by atoms with E-state index in [1.807, 2.05) is 6.92 Å². The molecule has 0 aromatic carbocycles. The van der Waals surface area contributed by atoms with Crippen molar-refractivity contribution in [2.75, 3.05) is 7.11 Å². The van der Waals surface area contributed by atoms with Crippen molar-refractivity contribution < 1.29 is 9.53 Å². The Kier molecular flexibility index (Phi) is 7.43. The summed E-state index contributed by atoms with van der Waals surface area (Å²) in [7, 11) is 1.60. The number of carbonyl (C=O) groups is 1. The molecule has 3 heteroatoms. The quantitative estimate of drug-likeness (QED) is 0.519. The lowest BCUT2D eigenvalue weighted by molar-refractivity contribution is -0.119. The number of methoxy groups -OCH3 is 1. The van der Waals surface area contributed by atoms with Gasteiger partial charge in [0.2, 0.25) is 0 Å². The predicted molar refractivity (Wildman–Crippen MR) is 37.5 cm³/mol. The average molecular weight is 127 g/mol. The molecule has 3 radical (unpaired) electrons. The van der Waals surface area contributed by atoms with E-state index in [1.54, 1.807) is 14.0 Å². The van der Waals surface area contributed by atoms with E-state index in [0.29, 0.717) is 6.42 Å². The van der Waals surface area contributed by atoms with Gasteiger partial charge in [-0.2, -0.15) is 0 Å². The maximum absolute atomic E-state index is 10.3. The molecule has 0 rings (SSSR count). The van der Waals surface area contributed by atoms with E-state index in [9.17, 15) is 4.79 Å². The lowest BCUT2D eigenvalue weighted by Crippen LogP contribution is -2.08. The highest BCUT2D eigenvalue weighted by Crippen LogP contribution is 1.94. The molecule has 51 valence electrons. The van der Waals surface area contributed by atoms with E-state index in [2.05, 4.69) is 0 Å². The fraction of sp³-hybridized carbons (Fsp3) is 0.833. The first-order chi connectivity index (χ1) is 3.66. The number of Topliss-reactive ketones (excluding diaryl/α,β-unsaturated/α-hetero) is 1. The van der Waals surface area contributed by atoms with Crippen LogP contribution < -0.4 is 0 Å². The van der Waals surface area contributed by atoms with Crippen molar-refractivity contribution in [3.63, 3.8) is 0 Å². The Bertz CT molecular complexity index is 83.1. The lowest BCUT2D eigenvalue weighted by atomic mass is 10.2. The van der Waals surface area contributed by atoms with Gasteiger partial charge in [0.05, 0.1) is 6.10 Å². The monoisotopic (exact) mass is 127 g/mol. The Balaban J connectivity index is 0. The molecule has 0 aliphatic carbocycles. The summed E-state index contributed by atoms with van der Waals surface area (Å²) >= 11 is 0. The van der Waals surface area contributed by atoms with Crippen LogP contribution in [0.2, 0.25) is 0 Å². The third-order valence-corrected chi connectivity index (χ3v) is 0.977. The molecular formula is C6H12BO2. The van der Waals surface area contributed by atoms with Crippen molar-refractivity contribution in [3.05, 3.63) is 0 Å². The van der Waals surface area contributed by atoms with Crippen LogP contribution in [0.1, 0.15) is 20.3 Å². The average Bonchev–Trinajstić information content (AvgIpc) is 1.65. The molecule has 0 amide bonds. The number of rotatable bonds is 3. The normalized spacial score (nSPS) is 11.9. The van der Waals surface area contributed by atoms with Crippen molar-refractivity contribution in [1.82, 2.24) is 0 Å². The third-order valence-electron chi connectivity index (χ3n) is 0.977. The van der Waals surface area contributed by atoms with E-state index < -0.39 is 0 Å². The summed E-state index contributed by atoms with van der Waals surface area (Å²) < 4.78 is 4.84. The molecule has 0 aromatic rings. The van der Waals surface area contributed by atoms with Crippen molar-refractivity contribution in [3.8, 4) is 0 Å². The number of hydrogen-bond donors (Lipinski definition) is 0. The van der Waals surface area contributed by atoms with Gasteiger partial charge in [0.15, 0.2) is 0 Å². The van der Waals surface area contributed by atoms with Gasteiger partial charge in [0, 0.05) is 21.9 Å². The molecule has 1 unspecified atom stereocenters. The molecule has 1 atom stereocenters. The maximum Gasteiger partial charge on any atom is 0.132 e. The minimum atomic E-state index is 0. The molecule has 0 bridgehead atoms. The summed E-state index contributed by atoms with van der Waals surface area (Å²) in [4.78, 5) is 10.3. The van der Waals surface area contributed by atoms with E-state index in [1.165, 1.54) is 0 Å². The minimum absolute atomic E-state index is 0. The SMILES string of the molecule is COC(C)CC(C)=O.[B]. The topological polar surface area (TPSA) is 26.3 Å². The van der Waals surface area contributed by atoms with Gasteiger partial charge in [-0.05, 0) is 13.8 Å². The summed E-state index contributed by atoms with van der Waals surface area (Å²) in [6.45, 7) is 3.44. The summed E-state index contributed by atoms with van der Waals surface area (Å²) in [5, 5.41) is 0. The Morgan fingerprint density at radius 3 is 2.22 bits per heavy atom. The van der Waals surface area contributed by atoms with Crippen molar-refractivity contribution in [2.45, 2.75) is 26.4 Å². The van der Waals surface area contributed by atoms with Crippen LogP contribution in [0.25, 0.3) is 0 Å². The van der Waals surface area contributed by atoms with Crippen LogP contribution in [0.15, 0.2) is 0 Å². The van der Waals surface area contributed by atoms with Crippen LogP contribution in [0.5, 0.6) is 0 Å². The first-order valence-corrected chi connectivity index (χ1v) is 2.69. The van der Waals surface area contributed by atoms with Gasteiger partial charge in [-0.3, -0.25) is 4.79 Å². The van der Waals surface area contributed by atoms with Gasteiger partial charge < -0.3 is 4.74 Å². The molecule has 0 spiro atoms. The van der Waals surface area contributed by atoms with Crippen LogP contribution in [0.4, 0.5) is 0 Å². The molecule has 0 N–H and O–H groups in total. The van der Waals surface area contributed by atoms with Gasteiger partial charge >= 0.3 is 0 Å². The van der Waals surface area contributed by atoms with Crippen molar-refractivity contribution in [1.29, 1.82) is 0 Å². The maximum atomic E-state index is 10.3. The molecule has 9 heavy (non-hydrogen) atoms. The van der Waals surface area contributed by atoms with E-state index in [-0.39, 0.29) is 20.3 Å². The van der Waals surface area contributed by atoms with Crippen LogP contribution >= 0.6 is 0 Å². The van der Waals surface area contributed by atoms with Gasteiger partial charge in [-0.25, -0.2) is 0 Å². The number of ether oxygens (including phenoxy) is 1.